The van der Waals surface area contributed by atoms with Gasteiger partial charge in [0.1, 0.15) is 0 Å². The summed E-state index contributed by atoms with van der Waals surface area (Å²) in [6.45, 7) is 19.4. The lowest BCUT2D eigenvalue weighted by atomic mass is 9.78. The van der Waals surface area contributed by atoms with Crippen LogP contribution >= 0.6 is 0 Å². The quantitative estimate of drug-likeness (QED) is 0.618. The molecule has 1 heterocycles. The summed E-state index contributed by atoms with van der Waals surface area (Å²) in [6.07, 6.45) is 4.77. The fourth-order valence-electron chi connectivity index (χ4n) is 2.75. The molecule has 1 saturated heterocycles. The van der Waals surface area contributed by atoms with Crippen molar-refractivity contribution in [2.75, 3.05) is 0 Å². The Bertz CT molecular complexity index is 387. The first-order valence-corrected chi connectivity index (χ1v) is 11.7. The van der Waals surface area contributed by atoms with Crippen LogP contribution in [0.1, 0.15) is 61.3 Å². The summed E-state index contributed by atoms with van der Waals surface area (Å²) in [5.41, 5.74) is 0.694. The Balaban J connectivity index is 2.92. The topological polar surface area (TPSA) is 27.7 Å². The minimum atomic E-state index is -1.77. The average molecular weight is 326 g/mol. The van der Waals surface area contributed by atoms with Crippen molar-refractivity contribution in [1.29, 1.82) is 0 Å². The van der Waals surface area contributed by atoms with E-state index >= 15 is 0 Å². The normalized spacial score (nSPS) is 21.7. The van der Waals surface area contributed by atoms with Crippen LogP contribution in [0, 0.1) is 0 Å². The SMILES string of the molecule is CCC/C=C(\C[Si](C)(C)OC(C)C)B1OC(C)(C)C(C)(C)O1. The van der Waals surface area contributed by atoms with Gasteiger partial charge in [0.2, 0.25) is 0 Å². The Morgan fingerprint density at radius 2 is 1.64 bits per heavy atom. The summed E-state index contributed by atoms with van der Waals surface area (Å²) < 4.78 is 18.7. The molecule has 0 aromatic carbocycles. The maximum Gasteiger partial charge on any atom is 0.490 e. The molecule has 0 radical (unpaired) electrons. The van der Waals surface area contributed by atoms with Crippen LogP contribution in [0.3, 0.4) is 0 Å². The van der Waals surface area contributed by atoms with Crippen molar-refractivity contribution >= 4 is 15.4 Å². The third-order valence-electron chi connectivity index (χ3n) is 4.44. The van der Waals surface area contributed by atoms with Gasteiger partial charge in [0.15, 0.2) is 8.32 Å². The molecule has 0 bridgehead atoms. The van der Waals surface area contributed by atoms with Gasteiger partial charge in [-0.15, -0.1) is 0 Å². The van der Waals surface area contributed by atoms with E-state index in [4.69, 9.17) is 13.7 Å². The third kappa shape index (κ3) is 5.22. The lowest BCUT2D eigenvalue weighted by Gasteiger charge is -2.32. The third-order valence-corrected chi connectivity index (χ3v) is 6.80. The smallest absolute Gasteiger partial charge is 0.415 e. The molecule has 1 aliphatic heterocycles. The molecule has 0 unspecified atom stereocenters. The van der Waals surface area contributed by atoms with Gasteiger partial charge in [-0.05, 0) is 72.6 Å². The van der Waals surface area contributed by atoms with Crippen LogP contribution in [0.4, 0.5) is 0 Å². The molecule has 0 spiro atoms. The van der Waals surface area contributed by atoms with Gasteiger partial charge in [-0.3, -0.25) is 0 Å². The van der Waals surface area contributed by atoms with Gasteiger partial charge in [-0.2, -0.15) is 0 Å². The Kier molecular flexibility index (Phi) is 6.53. The molecule has 22 heavy (non-hydrogen) atoms. The second kappa shape index (κ2) is 7.20. The first-order valence-electron chi connectivity index (χ1n) is 8.62. The van der Waals surface area contributed by atoms with Crippen LogP contribution < -0.4 is 0 Å². The summed E-state index contributed by atoms with van der Waals surface area (Å²) in [6, 6.07) is 0.960. The summed E-state index contributed by atoms with van der Waals surface area (Å²) in [5.74, 6) is 0. The van der Waals surface area contributed by atoms with Crippen LogP contribution in [0.15, 0.2) is 11.5 Å². The van der Waals surface area contributed by atoms with Crippen molar-refractivity contribution in [3.63, 3.8) is 0 Å². The fraction of sp³-hybridized carbons (Fsp3) is 0.882. The molecule has 0 aromatic rings. The second-order valence-electron chi connectivity index (χ2n) is 8.26. The first kappa shape index (κ1) is 19.9. The summed E-state index contributed by atoms with van der Waals surface area (Å²) >= 11 is 0. The number of unbranched alkanes of at least 4 members (excludes halogenated alkanes) is 1. The highest BCUT2D eigenvalue weighted by Gasteiger charge is 2.52. The predicted molar refractivity (Wildman–Crippen MR) is 97.6 cm³/mol. The highest BCUT2D eigenvalue weighted by atomic mass is 28.4. The largest absolute Gasteiger partial charge is 0.490 e. The molecule has 5 heteroatoms. The first-order chi connectivity index (χ1) is 9.90. The predicted octanol–water partition coefficient (Wildman–Crippen LogP) is 4.97. The molecule has 1 rings (SSSR count). The molecular formula is C17H35BO3Si. The number of hydrogen-bond acceptors (Lipinski definition) is 3. The molecule has 3 nitrogen and oxygen atoms in total. The minimum Gasteiger partial charge on any atom is -0.415 e. The molecule has 1 fully saturated rings. The molecule has 0 atom stereocenters. The van der Waals surface area contributed by atoms with E-state index in [1.165, 1.54) is 5.47 Å². The van der Waals surface area contributed by atoms with Crippen LogP contribution in [0.2, 0.25) is 19.1 Å². The van der Waals surface area contributed by atoms with Gasteiger partial charge < -0.3 is 13.7 Å². The van der Waals surface area contributed by atoms with E-state index < -0.39 is 8.32 Å². The van der Waals surface area contributed by atoms with E-state index in [0.29, 0.717) is 0 Å². The van der Waals surface area contributed by atoms with E-state index in [-0.39, 0.29) is 24.4 Å². The maximum atomic E-state index is 6.25. The minimum absolute atomic E-state index is 0.237. The molecular weight excluding hydrogens is 291 g/mol. The molecule has 0 amide bonds. The molecule has 0 aromatic heterocycles. The zero-order valence-corrected chi connectivity index (χ0v) is 17.1. The standard InChI is InChI=1S/C17H35BO3Si/c1-10-11-12-15(13-22(8,9)19-14(2)3)18-20-16(4,5)17(6,7)21-18/h12,14H,10-11,13H2,1-9H3/b15-12+. The van der Waals surface area contributed by atoms with E-state index in [0.717, 1.165) is 18.9 Å². The van der Waals surface area contributed by atoms with Crippen molar-refractivity contribution in [2.45, 2.75) is 97.8 Å². The monoisotopic (exact) mass is 326 g/mol. The summed E-state index contributed by atoms with van der Waals surface area (Å²) in [4.78, 5) is 0. The van der Waals surface area contributed by atoms with E-state index in [1.807, 2.05) is 0 Å². The Morgan fingerprint density at radius 3 is 2.05 bits per heavy atom. The average Bonchev–Trinajstić information content (AvgIpc) is 2.52. The van der Waals surface area contributed by atoms with Crippen LogP contribution in [-0.4, -0.2) is 32.7 Å². The van der Waals surface area contributed by atoms with E-state index in [2.05, 4.69) is 67.6 Å². The molecule has 0 saturated carbocycles. The molecule has 1 aliphatic rings. The van der Waals surface area contributed by atoms with Crippen LogP contribution in [0.25, 0.3) is 0 Å². The summed E-state index contributed by atoms with van der Waals surface area (Å²) in [7, 11) is -2.00. The van der Waals surface area contributed by atoms with Gasteiger partial charge in [-0.1, -0.05) is 19.4 Å². The van der Waals surface area contributed by atoms with Gasteiger partial charge in [0, 0.05) is 6.10 Å². The fourth-order valence-corrected chi connectivity index (χ4v) is 5.40. The Labute approximate surface area is 139 Å². The van der Waals surface area contributed by atoms with Crippen LogP contribution in [0.5, 0.6) is 0 Å². The molecule has 0 aliphatic carbocycles. The van der Waals surface area contributed by atoms with Crippen molar-refractivity contribution in [3.05, 3.63) is 11.5 Å². The zero-order chi connectivity index (χ0) is 17.2. The van der Waals surface area contributed by atoms with Gasteiger partial charge in [-0.25, -0.2) is 0 Å². The highest BCUT2D eigenvalue weighted by Crippen LogP contribution is 2.40. The maximum absolute atomic E-state index is 6.25. The lowest BCUT2D eigenvalue weighted by molar-refractivity contribution is 0.00578. The van der Waals surface area contributed by atoms with E-state index in [9.17, 15) is 0 Å². The van der Waals surface area contributed by atoms with E-state index in [1.54, 1.807) is 0 Å². The lowest BCUT2D eigenvalue weighted by Crippen LogP contribution is -2.41. The van der Waals surface area contributed by atoms with Crippen molar-refractivity contribution in [3.8, 4) is 0 Å². The van der Waals surface area contributed by atoms with Crippen molar-refractivity contribution in [1.82, 2.24) is 0 Å². The van der Waals surface area contributed by atoms with Crippen molar-refractivity contribution in [2.24, 2.45) is 0 Å². The zero-order valence-electron chi connectivity index (χ0n) is 16.1. The molecule has 0 N–H and O–H groups in total. The number of allylic oxidation sites excluding steroid dienone is 2. The highest BCUT2D eigenvalue weighted by molar-refractivity contribution is 6.74. The van der Waals surface area contributed by atoms with Gasteiger partial charge in [0.25, 0.3) is 0 Å². The number of hydrogen-bond donors (Lipinski definition) is 0. The molecule has 128 valence electrons. The Hall–Kier alpha value is -0.0982. The number of rotatable bonds is 7. The second-order valence-corrected chi connectivity index (χ2v) is 12.4. The van der Waals surface area contributed by atoms with Crippen LogP contribution in [-0.2, 0) is 13.7 Å². The van der Waals surface area contributed by atoms with Crippen molar-refractivity contribution < 1.29 is 13.7 Å². The van der Waals surface area contributed by atoms with Gasteiger partial charge in [0.05, 0.1) is 11.2 Å². The van der Waals surface area contributed by atoms with Gasteiger partial charge >= 0.3 is 7.12 Å². The Morgan fingerprint density at radius 1 is 1.14 bits per heavy atom. The summed E-state index contributed by atoms with van der Waals surface area (Å²) in [5, 5.41) is 0.